The fourth-order valence-corrected chi connectivity index (χ4v) is 1.92. The summed E-state index contributed by atoms with van der Waals surface area (Å²) >= 11 is 0. The molecule has 70 valence electrons. The van der Waals surface area contributed by atoms with Crippen LogP contribution in [0.5, 0.6) is 0 Å². The van der Waals surface area contributed by atoms with Crippen molar-refractivity contribution in [3.05, 3.63) is 54.4 Å². The number of hydrogen-bond acceptors (Lipinski definition) is 1. The van der Waals surface area contributed by atoms with Crippen LogP contribution >= 0.6 is 0 Å². The summed E-state index contributed by atoms with van der Waals surface area (Å²) in [4.78, 5) is 0. The van der Waals surface area contributed by atoms with Gasteiger partial charge >= 0.3 is 0 Å². The molecule has 0 radical (unpaired) electrons. The van der Waals surface area contributed by atoms with Crippen LogP contribution in [0, 0.1) is 11.3 Å². The predicted octanol–water partition coefficient (Wildman–Crippen LogP) is 2.96. The molecule has 0 spiro atoms. The van der Waals surface area contributed by atoms with Crippen molar-refractivity contribution in [1.82, 2.24) is 4.40 Å². The lowest BCUT2D eigenvalue weighted by Gasteiger charge is -2.00. The number of fused-ring (bicyclic) bond motifs is 3. The molecule has 2 aromatic heterocycles. The van der Waals surface area contributed by atoms with Gasteiger partial charge in [-0.15, -0.1) is 0 Å². The van der Waals surface area contributed by atoms with Gasteiger partial charge in [0.2, 0.25) is 0 Å². The normalized spacial score (nSPS) is 10.6. The predicted molar refractivity (Wildman–Crippen MR) is 59.6 cm³/mol. The lowest BCUT2D eigenvalue weighted by Crippen LogP contribution is -1.81. The first-order valence-corrected chi connectivity index (χ1v) is 4.78. The van der Waals surface area contributed by atoms with Crippen LogP contribution in [0.15, 0.2) is 48.8 Å². The van der Waals surface area contributed by atoms with Crippen molar-refractivity contribution in [2.45, 2.75) is 0 Å². The monoisotopic (exact) mass is 192 g/mol. The molecule has 2 nitrogen and oxygen atoms in total. The zero-order valence-electron chi connectivity index (χ0n) is 8.01. The molecule has 2 heterocycles. The van der Waals surface area contributed by atoms with Gasteiger partial charge in [0, 0.05) is 17.8 Å². The van der Waals surface area contributed by atoms with Gasteiger partial charge in [0.1, 0.15) is 6.07 Å². The average Bonchev–Trinajstić information content (AvgIpc) is 2.72. The zero-order valence-corrected chi connectivity index (χ0v) is 8.01. The quantitative estimate of drug-likeness (QED) is 0.538. The van der Waals surface area contributed by atoms with E-state index in [1.807, 2.05) is 35.0 Å². The van der Waals surface area contributed by atoms with E-state index in [1.54, 1.807) is 0 Å². The maximum atomic E-state index is 8.85. The second-order valence-electron chi connectivity index (χ2n) is 3.54. The number of pyridine rings is 1. The molecule has 3 aromatic rings. The van der Waals surface area contributed by atoms with Crippen LogP contribution in [0.4, 0.5) is 0 Å². The van der Waals surface area contributed by atoms with Gasteiger partial charge < -0.3 is 4.40 Å². The number of benzene rings is 1. The van der Waals surface area contributed by atoms with Gasteiger partial charge in [-0.1, -0.05) is 24.3 Å². The van der Waals surface area contributed by atoms with Crippen LogP contribution in [0.25, 0.3) is 16.3 Å². The van der Waals surface area contributed by atoms with Gasteiger partial charge in [-0.2, -0.15) is 5.26 Å². The van der Waals surface area contributed by atoms with Crippen LogP contribution in [-0.4, -0.2) is 4.40 Å². The third-order valence-corrected chi connectivity index (χ3v) is 2.63. The Labute approximate surface area is 87.0 Å². The minimum Gasteiger partial charge on any atom is -0.322 e. The summed E-state index contributed by atoms with van der Waals surface area (Å²) in [5, 5.41) is 11.2. The maximum absolute atomic E-state index is 8.85. The summed E-state index contributed by atoms with van der Waals surface area (Å²) in [6.07, 6.45) is 3.83. The van der Waals surface area contributed by atoms with Crippen molar-refractivity contribution in [1.29, 1.82) is 5.26 Å². The van der Waals surface area contributed by atoms with E-state index < -0.39 is 0 Å². The van der Waals surface area contributed by atoms with Crippen molar-refractivity contribution >= 4 is 16.3 Å². The molecule has 0 saturated heterocycles. The molecule has 0 fully saturated rings. The van der Waals surface area contributed by atoms with Gasteiger partial charge in [0.05, 0.1) is 11.1 Å². The lowest BCUT2D eigenvalue weighted by atomic mass is 10.1. The maximum Gasteiger partial charge on any atom is 0.101 e. The summed E-state index contributed by atoms with van der Waals surface area (Å²) in [7, 11) is 0. The van der Waals surface area contributed by atoms with Gasteiger partial charge in [-0.25, -0.2) is 0 Å². The Morgan fingerprint density at radius 1 is 1.13 bits per heavy atom. The van der Waals surface area contributed by atoms with E-state index >= 15 is 0 Å². The minimum absolute atomic E-state index is 0.700. The molecule has 0 aliphatic rings. The second kappa shape index (κ2) is 2.86. The van der Waals surface area contributed by atoms with Crippen molar-refractivity contribution in [2.75, 3.05) is 0 Å². The highest BCUT2D eigenvalue weighted by molar-refractivity contribution is 5.96. The molecule has 0 aliphatic heterocycles. The molecular weight excluding hydrogens is 184 g/mol. The second-order valence-corrected chi connectivity index (χ2v) is 3.54. The van der Waals surface area contributed by atoms with Crippen LogP contribution in [0.1, 0.15) is 5.56 Å². The van der Waals surface area contributed by atoms with Gasteiger partial charge in [-0.3, -0.25) is 0 Å². The van der Waals surface area contributed by atoms with Crippen LogP contribution in [0.3, 0.4) is 0 Å². The fraction of sp³-hybridized carbons (Fsp3) is 0. The summed E-state index contributed by atoms with van der Waals surface area (Å²) in [5.41, 5.74) is 1.79. The van der Waals surface area contributed by atoms with E-state index in [1.165, 1.54) is 10.8 Å². The molecule has 0 aliphatic carbocycles. The molecule has 2 heteroatoms. The average molecular weight is 192 g/mol. The molecule has 0 bridgehead atoms. The third-order valence-electron chi connectivity index (χ3n) is 2.63. The number of nitrogens with zero attached hydrogens (tertiary/aromatic N) is 2. The van der Waals surface area contributed by atoms with Crippen LogP contribution in [0.2, 0.25) is 0 Å². The third kappa shape index (κ3) is 1.10. The van der Waals surface area contributed by atoms with E-state index in [-0.39, 0.29) is 0 Å². The molecule has 0 atom stereocenters. The first-order valence-electron chi connectivity index (χ1n) is 4.78. The number of rotatable bonds is 0. The Morgan fingerprint density at radius 3 is 2.87 bits per heavy atom. The highest BCUT2D eigenvalue weighted by Crippen LogP contribution is 2.21. The van der Waals surface area contributed by atoms with Crippen LogP contribution < -0.4 is 0 Å². The van der Waals surface area contributed by atoms with Crippen molar-refractivity contribution < 1.29 is 0 Å². The Morgan fingerprint density at radius 2 is 2.00 bits per heavy atom. The van der Waals surface area contributed by atoms with Crippen molar-refractivity contribution in [3.8, 4) is 6.07 Å². The summed E-state index contributed by atoms with van der Waals surface area (Å²) in [5.74, 6) is 0. The van der Waals surface area contributed by atoms with Crippen LogP contribution in [-0.2, 0) is 0 Å². The highest BCUT2D eigenvalue weighted by atomic mass is 14.9. The summed E-state index contributed by atoms with van der Waals surface area (Å²) < 4.78 is 1.99. The minimum atomic E-state index is 0.700. The van der Waals surface area contributed by atoms with E-state index in [0.29, 0.717) is 5.56 Å². The van der Waals surface area contributed by atoms with E-state index in [0.717, 1.165) is 5.52 Å². The molecule has 0 unspecified atom stereocenters. The molecule has 1 aromatic carbocycles. The van der Waals surface area contributed by atoms with Gasteiger partial charge in [-0.05, 0) is 17.5 Å². The Bertz CT molecular complexity index is 686. The molecule has 0 saturated carbocycles. The standard InChI is InChI=1S/C13H8N2/c14-8-10-7-13-12-4-2-1-3-11(12)5-6-15(13)9-10/h1-7,9H. The van der Waals surface area contributed by atoms with Gasteiger partial charge in [0.25, 0.3) is 0 Å². The smallest absolute Gasteiger partial charge is 0.101 e. The highest BCUT2D eigenvalue weighted by Gasteiger charge is 2.02. The van der Waals surface area contributed by atoms with Crippen molar-refractivity contribution in [2.24, 2.45) is 0 Å². The first-order chi connectivity index (χ1) is 7.38. The molecule has 0 amide bonds. The molecule has 15 heavy (non-hydrogen) atoms. The first kappa shape index (κ1) is 8.07. The largest absolute Gasteiger partial charge is 0.322 e. The number of hydrogen-bond donors (Lipinski definition) is 0. The van der Waals surface area contributed by atoms with E-state index in [9.17, 15) is 0 Å². The zero-order chi connectivity index (χ0) is 10.3. The molecule has 3 rings (SSSR count). The Kier molecular flexibility index (Phi) is 1.54. The van der Waals surface area contributed by atoms with E-state index in [4.69, 9.17) is 5.26 Å². The Balaban J connectivity index is 2.54. The molecule has 0 N–H and O–H groups in total. The van der Waals surface area contributed by atoms with Gasteiger partial charge in [0.15, 0.2) is 0 Å². The Hall–Kier alpha value is -2.27. The summed E-state index contributed by atoms with van der Waals surface area (Å²) in [6.45, 7) is 0. The molecular formula is C13H8N2. The number of aromatic nitrogens is 1. The SMILES string of the molecule is N#Cc1cc2c3ccccc3ccn2c1. The van der Waals surface area contributed by atoms with Crippen molar-refractivity contribution in [3.63, 3.8) is 0 Å². The topological polar surface area (TPSA) is 28.2 Å². The lowest BCUT2D eigenvalue weighted by molar-refractivity contribution is 1.21. The fourth-order valence-electron chi connectivity index (χ4n) is 1.92. The van der Waals surface area contributed by atoms with E-state index in [2.05, 4.69) is 24.3 Å². The number of nitriles is 1. The summed E-state index contributed by atoms with van der Waals surface area (Å²) in [6, 6.07) is 14.3.